The van der Waals surface area contributed by atoms with Crippen LogP contribution in [0.3, 0.4) is 0 Å². The highest BCUT2D eigenvalue weighted by molar-refractivity contribution is 7.60. The van der Waals surface area contributed by atoms with Crippen LogP contribution in [0.15, 0.2) is 12.1 Å². The van der Waals surface area contributed by atoms with Crippen LogP contribution in [-0.4, -0.2) is 37.2 Å². The molecule has 1 aromatic carbocycles. The van der Waals surface area contributed by atoms with Crippen molar-refractivity contribution in [2.45, 2.75) is 39.0 Å². The molecule has 0 saturated heterocycles. The van der Waals surface area contributed by atoms with Crippen molar-refractivity contribution in [1.29, 1.82) is 0 Å². The van der Waals surface area contributed by atoms with Crippen LogP contribution in [0.2, 0.25) is 0 Å². The molecule has 120 valence electrons. The Bertz CT molecular complexity index is 548. The summed E-state index contributed by atoms with van der Waals surface area (Å²) in [5, 5.41) is 31.5. The summed E-state index contributed by atoms with van der Waals surface area (Å²) in [5.41, 5.74) is -0.558. The van der Waals surface area contributed by atoms with Crippen LogP contribution in [0, 0.1) is 0 Å². The van der Waals surface area contributed by atoms with Gasteiger partial charge < -0.3 is 30.4 Å². The van der Waals surface area contributed by atoms with Gasteiger partial charge in [-0.05, 0) is 32.4 Å². The van der Waals surface area contributed by atoms with Crippen molar-refractivity contribution in [2.75, 3.05) is 6.54 Å². The number of rotatable bonds is 5. The lowest BCUT2D eigenvalue weighted by Gasteiger charge is -2.25. The van der Waals surface area contributed by atoms with E-state index < -0.39 is 31.4 Å². The number of β-amino-alcohol motifs (C(OH)–C–C–N with tert-alkyl or cyclic N) is 1. The molecule has 6 N–H and O–H groups in total. The first-order chi connectivity index (χ1) is 9.47. The third kappa shape index (κ3) is 4.78. The summed E-state index contributed by atoms with van der Waals surface area (Å²) in [4.78, 5) is 18.9. The molecular formula is C13H22NO6P. The Hall–Kier alpha value is -0.950. The smallest absolute Gasteiger partial charge is 0.357 e. The maximum absolute atomic E-state index is 11.6. The van der Waals surface area contributed by atoms with Crippen molar-refractivity contribution >= 4 is 12.9 Å². The van der Waals surface area contributed by atoms with Gasteiger partial charge in [-0.25, -0.2) is 0 Å². The van der Waals surface area contributed by atoms with Crippen LogP contribution in [0.1, 0.15) is 38.0 Å². The summed E-state index contributed by atoms with van der Waals surface area (Å²) in [6.07, 6.45) is -1.18. The van der Waals surface area contributed by atoms with Gasteiger partial charge in [-0.3, -0.25) is 4.57 Å². The third-order valence-corrected chi connectivity index (χ3v) is 4.03. The number of hydrogen-bond acceptors (Lipinski definition) is 5. The Kier molecular flexibility index (Phi) is 5.55. The number of aromatic hydroxyl groups is 1. The van der Waals surface area contributed by atoms with E-state index in [1.807, 2.05) is 20.8 Å². The number of nitrogens with one attached hydrogen (secondary N) is 1. The average molecular weight is 319 g/mol. The summed E-state index contributed by atoms with van der Waals surface area (Å²) in [5.74, 6) is -0.421. The van der Waals surface area contributed by atoms with Crippen LogP contribution in [0.4, 0.5) is 0 Å². The van der Waals surface area contributed by atoms with Crippen LogP contribution in [0.5, 0.6) is 5.75 Å². The Labute approximate surface area is 123 Å². The molecule has 0 heterocycles. The van der Waals surface area contributed by atoms with E-state index in [9.17, 15) is 29.7 Å². The topological polar surface area (TPSA) is 130 Å². The van der Waals surface area contributed by atoms with Crippen LogP contribution in [0.25, 0.3) is 0 Å². The molecule has 0 aliphatic carbocycles. The van der Waals surface area contributed by atoms with E-state index in [0.29, 0.717) is 0 Å². The summed E-state index contributed by atoms with van der Waals surface area (Å²) >= 11 is 0. The molecule has 0 saturated carbocycles. The zero-order valence-electron chi connectivity index (χ0n) is 12.2. The number of hydrogen-bond donors (Lipinski definition) is 6. The SMILES string of the molecule is CC(C)(C)NCC(O)c1ccc(O)c(CO)c1P(=O)(O)O. The molecule has 1 rings (SSSR count). The minimum atomic E-state index is -4.76. The van der Waals surface area contributed by atoms with E-state index in [1.54, 1.807) is 0 Å². The molecule has 0 radical (unpaired) electrons. The van der Waals surface area contributed by atoms with Crippen molar-refractivity contribution in [3.8, 4) is 5.75 Å². The normalized spacial score (nSPS) is 14.2. The maximum atomic E-state index is 11.6. The molecule has 1 unspecified atom stereocenters. The fourth-order valence-corrected chi connectivity index (χ4v) is 3.02. The van der Waals surface area contributed by atoms with Gasteiger partial charge in [-0.1, -0.05) is 6.07 Å². The first-order valence-corrected chi connectivity index (χ1v) is 8.03. The monoisotopic (exact) mass is 319 g/mol. The van der Waals surface area contributed by atoms with Gasteiger partial charge in [-0.2, -0.15) is 0 Å². The lowest BCUT2D eigenvalue weighted by Crippen LogP contribution is -2.39. The van der Waals surface area contributed by atoms with E-state index in [-0.39, 0.29) is 23.2 Å². The van der Waals surface area contributed by atoms with Gasteiger partial charge >= 0.3 is 7.60 Å². The van der Waals surface area contributed by atoms with E-state index in [4.69, 9.17) is 0 Å². The molecule has 21 heavy (non-hydrogen) atoms. The average Bonchev–Trinajstić information content (AvgIpc) is 2.33. The molecule has 0 aromatic heterocycles. The van der Waals surface area contributed by atoms with Crippen LogP contribution >= 0.6 is 7.60 Å². The molecule has 0 fully saturated rings. The summed E-state index contributed by atoms with van der Waals surface area (Å²) in [6, 6.07) is 2.44. The molecule has 1 aromatic rings. The zero-order valence-corrected chi connectivity index (χ0v) is 13.1. The number of benzene rings is 1. The molecule has 8 heteroatoms. The van der Waals surface area contributed by atoms with Gasteiger partial charge in [0.15, 0.2) is 0 Å². The molecule has 0 aliphatic heterocycles. The van der Waals surface area contributed by atoms with Crippen molar-refractivity contribution in [3.05, 3.63) is 23.3 Å². The minimum absolute atomic E-state index is 0.0121. The van der Waals surface area contributed by atoms with Crippen molar-refractivity contribution in [2.24, 2.45) is 0 Å². The molecular weight excluding hydrogens is 297 g/mol. The lowest BCUT2D eigenvalue weighted by atomic mass is 10.0. The molecule has 0 bridgehead atoms. The minimum Gasteiger partial charge on any atom is -0.508 e. The second kappa shape index (κ2) is 6.44. The molecule has 0 amide bonds. The maximum Gasteiger partial charge on any atom is 0.357 e. The molecule has 0 aliphatic rings. The second-order valence-corrected chi connectivity index (χ2v) is 7.39. The van der Waals surface area contributed by atoms with Gasteiger partial charge in [0.25, 0.3) is 0 Å². The number of phenols is 1. The van der Waals surface area contributed by atoms with Gasteiger partial charge in [0.05, 0.1) is 18.0 Å². The van der Waals surface area contributed by atoms with Crippen molar-refractivity contribution < 1.29 is 29.7 Å². The zero-order chi connectivity index (χ0) is 16.4. The summed E-state index contributed by atoms with van der Waals surface area (Å²) in [7, 11) is -4.76. The fraction of sp³-hybridized carbons (Fsp3) is 0.538. The Balaban J connectivity index is 3.27. The fourth-order valence-electron chi connectivity index (χ4n) is 1.93. The Morgan fingerprint density at radius 2 is 1.86 bits per heavy atom. The Morgan fingerprint density at radius 3 is 2.29 bits per heavy atom. The largest absolute Gasteiger partial charge is 0.508 e. The second-order valence-electron chi connectivity index (χ2n) is 5.85. The summed E-state index contributed by atoms with van der Waals surface area (Å²) < 4.78 is 11.6. The Morgan fingerprint density at radius 1 is 1.29 bits per heavy atom. The predicted octanol–water partition coefficient (Wildman–Crippen LogP) is 0.109. The van der Waals surface area contributed by atoms with Gasteiger partial charge in [0.2, 0.25) is 0 Å². The lowest BCUT2D eigenvalue weighted by molar-refractivity contribution is 0.163. The van der Waals surface area contributed by atoms with Crippen molar-refractivity contribution in [3.63, 3.8) is 0 Å². The number of aliphatic hydroxyl groups is 2. The molecule has 0 spiro atoms. The number of aliphatic hydroxyl groups excluding tert-OH is 2. The van der Waals surface area contributed by atoms with Crippen LogP contribution < -0.4 is 10.6 Å². The van der Waals surface area contributed by atoms with Gasteiger partial charge in [0.1, 0.15) is 5.75 Å². The van der Waals surface area contributed by atoms with Gasteiger partial charge in [0, 0.05) is 17.6 Å². The first kappa shape index (κ1) is 18.1. The van der Waals surface area contributed by atoms with Crippen molar-refractivity contribution in [1.82, 2.24) is 5.32 Å². The highest BCUT2D eigenvalue weighted by atomic mass is 31.2. The third-order valence-electron chi connectivity index (χ3n) is 2.92. The highest BCUT2D eigenvalue weighted by Crippen LogP contribution is 2.40. The predicted molar refractivity (Wildman–Crippen MR) is 78.4 cm³/mol. The quantitative estimate of drug-likeness (QED) is 0.425. The van der Waals surface area contributed by atoms with Crippen LogP contribution in [-0.2, 0) is 11.2 Å². The standard InChI is InChI=1S/C13H22NO6P/c1-13(2,3)14-6-11(17)8-4-5-10(16)9(7-15)12(8)21(18,19)20/h4-5,11,14-17H,6-7H2,1-3H3,(H2,18,19,20). The highest BCUT2D eigenvalue weighted by Gasteiger charge is 2.30. The summed E-state index contributed by atoms with van der Waals surface area (Å²) in [6.45, 7) is 5.00. The van der Waals surface area contributed by atoms with E-state index in [1.165, 1.54) is 12.1 Å². The molecule has 1 atom stereocenters. The van der Waals surface area contributed by atoms with Gasteiger partial charge in [-0.15, -0.1) is 0 Å². The van der Waals surface area contributed by atoms with E-state index in [0.717, 1.165) is 0 Å². The first-order valence-electron chi connectivity index (χ1n) is 6.42. The molecule has 7 nitrogen and oxygen atoms in total. The van der Waals surface area contributed by atoms with E-state index >= 15 is 0 Å². The van der Waals surface area contributed by atoms with E-state index in [2.05, 4.69) is 5.32 Å².